The van der Waals surface area contributed by atoms with E-state index in [9.17, 15) is 19.8 Å². The van der Waals surface area contributed by atoms with Gasteiger partial charge in [0.1, 0.15) is 0 Å². The number of aliphatic hydroxyl groups is 2. The number of benzene rings is 1. The molecule has 0 aliphatic heterocycles. The van der Waals surface area contributed by atoms with Gasteiger partial charge >= 0.3 is 0 Å². The van der Waals surface area contributed by atoms with Gasteiger partial charge < -0.3 is 20.8 Å². The van der Waals surface area contributed by atoms with E-state index >= 15 is 0 Å². The number of hydrogen-bond donors (Lipinski definition) is 4. The van der Waals surface area contributed by atoms with Gasteiger partial charge in [-0.1, -0.05) is 179 Å². The van der Waals surface area contributed by atoms with E-state index in [1.165, 1.54) is 103 Å². The predicted molar refractivity (Wildman–Crippen MR) is 212 cm³/mol. The third-order valence-corrected chi connectivity index (χ3v) is 10.2. The van der Waals surface area contributed by atoms with E-state index < -0.39 is 0 Å². The molecule has 0 saturated carbocycles. The van der Waals surface area contributed by atoms with Crippen LogP contribution in [0, 0.1) is 0 Å². The van der Waals surface area contributed by atoms with Gasteiger partial charge in [-0.2, -0.15) is 0 Å². The SMILES string of the molecule is CCCCCCC(O)CCCCCCCCCCC(=O)NCc1ccccc1CNC(=O)CCCCCCCCCCC(O)CCCCCC. The number of nitrogens with one attached hydrogen (secondary N) is 2. The van der Waals surface area contributed by atoms with Gasteiger partial charge in [0, 0.05) is 25.9 Å². The summed E-state index contributed by atoms with van der Waals surface area (Å²) in [7, 11) is 0. The molecule has 2 unspecified atom stereocenters. The largest absolute Gasteiger partial charge is 0.393 e. The summed E-state index contributed by atoms with van der Waals surface area (Å²) < 4.78 is 0. The van der Waals surface area contributed by atoms with Crippen molar-refractivity contribution < 1.29 is 19.8 Å². The molecule has 0 radical (unpaired) electrons. The Kier molecular flexibility index (Phi) is 31.5. The lowest BCUT2D eigenvalue weighted by Gasteiger charge is -2.12. The highest BCUT2D eigenvalue weighted by atomic mass is 16.3. The highest BCUT2D eigenvalue weighted by Gasteiger charge is 2.08. The molecule has 1 rings (SSSR count). The van der Waals surface area contributed by atoms with Crippen LogP contribution in [-0.4, -0.2) is 34.2 Å². The molecule has 1 aromatic carbocycles. The Morgan fingerprint density at radius 2 is 0.740 bits per heavy atom. The fraction of sp³-hybridized carbons (Fsp3) is 0.818. The third kappa shape index (κ3) is 28.7. The molecule has 0 fully saturated rings. The lowest BCUT2D eigenvalue weighted by Crippen LogP contribution is -2.25. The predicted octanol–water partition coefficient (Wildman–Crippen LogP) is 11.4. The Bertz CT molecular complexity index is 850. The summed E-state index contributed by atoms with van der Waals surface area (Å²) in [5.74, 6) is 0.202. The van der Waals surface area contributed by atoms with Crippen molar-refractivity contribution in [2.75, 3.05) is 0 Å². The molecule has 290 valence electrons. The number of carbonyl (C=O) groups excluding carboxylic acids is 2. The smallest absolute Gasteiger partial charge is 0.220 e. The van der Waals surface area contributed by atoms with Gasteiger partial charge in [0.25, 0.3) is 0 Å². The number of aliphatic hydroxyl groups excluding tert-OH is 2. The number of amides is 2. The zero-order chi connectivity index (χ0) is 36.3. The topological polar surface area (TPSA) is 98.7 Å². The first-order valence-electron chi connectivity index (χ1n) is 21.4. The molecule has 1 aromatic rings. The van der Waals surface area contributed by atoms with Crippen LogP contribution >= 0.6 is 0 Å². The second-order valence-corrected chi connectivity index (χ2v) is 15.1. The van der Waals surface area contributed by atoms with Gasteiger partial charge in [-0.05, 0) is 49.7 Å². The molecule has 0 aliphatic rings. The minimum Gasteiger partial charge on any atom is -0.393 e. The lowest BCUT2D eigenvalue weighted by atomic mass is 10.0. The van der Waals surface area contributed by atoms with E-state index in [1.54, 1.807) is 0 Å². The molecule has 0 spiro atoms. The van der Waals surface area contributed by atoms with Crippen LogP contribution in [0.2, 0.25) is 0 Å². The van der Waals surface area contributed by atoms with Gasteiger partial charge in [0.05, 0.1) is 12.2 Å². The highest BCUT2D eigenvalue weighted by Crippen LogP contribution is 2.16. The van der Waals surface area contributed by atoms with Crippen LogP contribution in [0.5, 0.6) is 0 Å². The maximum atomic E-state index is 12.5. The van der Waals surface area contributed by atoms with Crippen molar-refractivity contribution in [3.63, 3.8) is 0 Å². The van der Waals surface area contributed by atoms with Crippen molar-refractivity contribution in [1.82, 2.24) is 10.6 Å². The van der Waals surface area contributed by atoms with E-state index in [1.807, 2.05) is 24.3 Å². The molecule has 0 aliphatic carbocycles. The van der Waals surface area contributed by atoms with Crippen molar-refractivity contribution in [3.8, 4) is 0 Å². The maximum absolute atomic E-state index is 12.5. The summed E-state index contributed by atoms with van der Waals surface area (Å²) in [6, 6.07) is 8.05. The summed E-state index contributed by atoms with van der Waals surface area (Å²) >= 11 is 0. The first-order valence-corrected chi connectivity index (χ1v) is 21.4. The van der Waals surface area contributed by atoms with Gasteiger partial charge in [-0.25, -0.2) is 0 Å². The zero-order valence-corrected chi connectivity index (χ0v) is 32.8. The molecule has 0 heterocycles. The summed E-state index contributed by atoms with van der Waals surface area (Å²) in [5, 5.41) is 26.4. The Morgan fingerprint density at radius 3 is 1.06 bits per heavy atom. The van der Waals surface area contributed by atoms with Crippen molar-refractivity contribution in [2.24, 2.45) is 0 Å². The molecule has 2 amide bonds. The highest BCUT2D eigenvalue weighted by molar-refractivity contribution is 5.76. The van der Waals surface area contributed by atoms with Crippen molar-refractivity contribution in [1.29, 1.82) is 0 Å². The quantitative estimate of drug-likeness (QED) is 0.0524. The molecule has 4 N–H and O–H groups in total. The third-order valence-electron chi connectivity index (χ3n) is 10.2. The van der Waals surface area contributed by atoms with E-state index in [2.05, 4.69) is 24.5 Å². The van der Waals surface area contributed by atoms with Crippen LogP contribution in [0.4, 0.5) is 0 Å². The van der Waals surface area contributed by atoms with Gasteiger partial charge in [-0.3, -0.25) is 9.59 Å². The Balaban J connectivity index is 2.01. The fourth-order valence-corrected chi connectivity index (χ4v) is 6.82. The Labute approximate surface area is 308 Å². The number of rotatable bonds is 36. The van der Waals surface area contributed by atoms with Crippen LogP contribution in [-0.2, 0) is 22.7 Å². The van der Waals surface area contributed by atoms with Crippen LogP contribution in [0.25, 0.3) is 0 Å². The second-order valence-electron chi connectivity index (χ2n) is 15.1. The molecule has 0 bridgehead atoms. The minimum absolute atomic E-state index is 0.101. The minimum atomic E-state index is -0.106. The normalized spacial score (nSPS) is 12.6. The molecule has 0 saturated heterocycles. The van der Waals surface area contributed by atoms with Crippen LogP contribution < -0.4 is 10.6 Å². The van der Waals surface area contributed by atoms with E-state index in [-0.39, 0.29) is 24.0 Å². The van der Waals surface area contributed by atoms with Crippen molar-refractivity contribution in [2.45, 2.75) is 232 Å². The van der Waals surface area contributed by atoms with Crippen LogP contribution in [0.3, 0.4) is 0 Å². The number of unbranched alkanes of at least 4 members (excludes halogenated alkanes) is 20. The summed E-state index contributed by atoms with van der Waals surface area (Å²) in [5.41, 5.74) is 2.12. The van der Waals surface area contributed by atoms with Gasteiger partial charge in [0.15, 0.2) is 0 Å². The van der Waals surface area contributed by atoms with E-state index in [4.69, 9.17) is 0 Å². The Hall–Kier alpha value is -1.92. The summed E-state index contributed by atoms with van der Waals surface area (Å²) in [6.45, 7) is 5.44. The second kappa shape index (κ2) is 34.2. The van der Waals surface area contributed by atoms with Crippen molar-refractivity contribution >= 4 is 11.8 Å². The molecular formula is C44H80N2O4. The molecular weight excluding hydrogens is 620 g/mol. The molecule has 50 heavy (non-hydrogen) atoms. The molecule has 6 heteroatoms. The molecule has 2 atom stereocenters. The van der Waals surface area contributed by atoms with Crippen LogP contribution in [0.15, 0.2) is 24.3 Å². The summed E-state index contributed by atoms with van der Waals surface area (Å²) in [6.07, 6.45) is 33.2. The summed E-state index contributed by atoms with van der Waals surface area (Å²) in [4.78, 5) is 25.0. The first-order chi connectivity index (χ1) is 24.5. The van der Waals surface area contributed by atoms with Crippen LogP contribution in [0.1, 0.15) is 218 Å². The zero-order valence-electron chi connectivity index (χ0n) is 32.8. The number of carbonyl (C=O) groups is 2. The van der Waals surface area contributed by atoms with Gasteiger partial charge in [0.2, 0.25) is 11.8 Å². The first kappa shape index (κ1) is 46.1. The van der Waals surface area contributed by atoms with E-state index in [0.29, 0.717) is 25.9 Å². The monoisotopic (exact) mass is 701 g/mol. The number of hydrogen-bond acceptors (Lipinski definition) is 4. The molecule has 0 aromatic heterocycles. The Morgan fingerprint density at radius 1 is 0.460 bits per heavy atom. The standard InChI is InChI=1S/C44H80N2O4/c1-3-5-7-21-31-41(47)33-23-17-13-9-11-15-19-25-35-43(49)45-37-39-29-27-28-30-40(39)38-46-44(50)36-26-20-16-12-10-14-18-24-34-42(48)32-22-8-6-4-2/h27-30,41-42,47-48H,3-26,31-38H2,1-2H3,(H,45,49)(H,46,50). The average molecular weight is 701 g/mol. The maximum Gasteiger partial charge on any atom is 0.220 e. The van der Waals surface area contributed by atoms with Gasteiger partial charge in [-0.15, -0.1) is 0 Å². The lowest BCUT2D eigenvalue weighted by molar-refractivity contribution is -0.122. The molecule has 6 nitrogen and oxygen atoms in total. The fourth-order valence-electron chi connectivity index (χ4n) is 6.82. The van der Waals surface area contributed by atoms with Crippen molar-refractivity contribution in [3.05, 3.63) is 35.4 Å². The van der Waals surface area contributed by atoms with E-state index in [0.717, 1.165) is 88.2 Å². The average Bonchev–Trinajstić information content (AvgIpc) is 3.12.